The van der Waals surface area contributed by atoms with E-state index in [2.05, 4.69) is 36.3 Å². The first-order chi connectivity index (χ1) is 23.1. The molecule has 1 unspecified atom stereocenters. The Kier molecular flexibility index (Phi) is 13.4. The van der Waals surface area contributed by atoms with Gasteiger partial charge in [-0.25, -0.2) is 4.99 Å². The van der Waals surface area contributed by atoms with E-state index in [1.54, 1.807) is 36.4 Å². The molecule has 48 heavy (non-hydrogen) atoms. The van der Waals surface area contributed by atoms with Crippen LogP contribution >= 0.6 is 23.2 Å². The second-order valence-electron chi connectivity index (χ2n) is 11.5. The summed E-state index contributed by atoms with van der Waals surface area (Å²) < 4.78 is 6.17. The monoisotopic (exact) mass is 688 g/mol. The number of anilines is 1. The van der Waals surface area contributed by atoms with E-state index in [4.69, 9.17) is 32.9 Å². The molecule has 0 radical (unpaired) electrons. The summed E-state index contributed by atoms with van der Waals surface area (Å²) in [6.45, 7) is 9.94. The highest BCUT2D eigenvalue weighted by molar-refractivity contribution is 6.34. The van der Waals surface area contributed by atoms with E-state index in [1.807, 2.05) is 37.3 Å². The number of amides is 2. The molecule has 0 aromatic heterocycles. The molecule has 2 N–H and O–H groups in total. The van der Waals surface area contributed by atoms with Gasteiger partial charge in [0.2, 0.25) is 5.78 Å². The lowest BCUT2D eigenvalue weighted by Gasteiger charge is -2.22. The van der Waals surface area contributed by atoms with Gasteiger partial charge in [-0.3, -0.25) is 14.4 Å². The van der Waals surface area contributed by atoms with E-state index in [1.165, 1.54) is 12.2 Å². The number of carbonyl (C=O) groups excluding carboxylic acids is 3. The van der Waals surface area contributed by atoms with E-state index in [-0.39, 0.29) is 27.7 Å². The predicted molar refractivity (Wildman–Crippen MR) is 195 cm³/mol. The van der Waals surface area contributed by atoms with Crippen molar-refractivity contribution in [3.8, 4) is 5.75 Å². The minimum Gasteiger partial charge on any atom is -0.479 e. The van der Waals surface area contributed by atoms with Crippen LogP contribution in [0, 0.1) is 6.92 Å². The van der Waals surface area contributed by atoms with Crippen LogP contribution in [0.2, 0.25) is 10.0 Å². The van der Waals surface area contributed by atoms with Crippen molar-refractivity contribution in [1.29, 1.82) is 0 Å². The molecule has 3 aromatic carbocycles. The molecule has 2 amide bonds. The third-order valence-corrected chi connectivity index (χ3v) is 8.54. The highest BCUT2D eigenvalue weighted by Gasteiger charge is 2.27. The zero-order chi connectivity index (χ0) is 34.6. The van der Waals surface area contributed by atoms with Crippen molar-refractivity contribution < 1.29 is 19.1 Å². The number of nitrogens with one attached hydrogen (secondary N) is 2. The number of carbonyl (C=O) groups is 3. The maximum Gasteiger partial charge on any atom is 0.265 e. The Morgan fingerprint density at radius 3 is 2.25 bits per heavy atom. The summed E-state index contributed by atoms with van der Waals surface area (Å²) in [5.74, 6) is -1.09. The van der Waals surface area contributed by atoms with Gasteiger partial charge < -0.3 is 20.3 Å². The number of allylic oxidation sites excluding steroid dienone is 2. The zero-order valence-corrected chi connectivity index (χ0v) is 29.3. The van der Waals surface area contributed by atoms with Crippen LogP contribution in [-0.2, 0) is 9.59 Å². The SMILES string of the molecule is CCCCCCC(Oc1ccc(C)cc1Cl)C(=O)NC1=CC(=O)C(NC(=O)c2ccccc2Cl)=CC1=Nc1ccc(N(CC)CC)cc1. The molecule has 0 fully saturated rings. The number of aliphatic imine (C=N–C) groups is 1. The van der Waals surface area contributed by atoms with Gasteiger partial charge in [-0.05, 0) is 93.8 Å². The minimum atomic E-state index is -0.877. The maximum absolute atomic E-state index is 13.8. The fourth-order valence-electron chi connectivity index (χ4n) is 5.23. The molecule has 0 spiro atoms. The summed E-state index contributed by atoms with van der Waals surface area (Å²) in [6, 6.07) is 19.6. The van der Waals surface area contributed by atoms with Crippen LogP contribution < -0.4 is 20.3 Å². The minimum absolute atomic E-state index is 0.00441. The summed E-state index contributed by atoms with van der Waals surface area (Å²) in [7, 11) is 0. The van der Waals surface area contributed by atoms with Gasteiger partial charge >= 0.3 is 0 Å². The van der Waals surface area contributed by atoms with E-state index in [0.717, 1.165) is 50.0 Å². The second-order valence-corrected chi connectivity index (χ2v) is 12.3. The number of benzene rings is 3. The van der Waals surface area contributed by atoms with Gasteiger partial charge in [0.15, 0.2) is 6.10 Å². The number of hydrogen-bond acceptors (Lipinski definition) is 6. The van der Waals surface area contributed by atoms with Gasteiger partial charge in [0, 0.05) is 24.9 Å². The summed E-state index contributed by atoms with van der Waals surface area (Å²) in [4.78, 5) is 47.3. The number of aryl methyl sites for hydroxylation is 1. The highest BCUT2D eigenvalue weighted by atomic mass is 35.5. The van der Waals surface area contributed by atoms with Gasteiger partial charge in [-0.2, -0.15) is 0 Å². The molecule has 10 heteroatoms. The molecule has 1 aliphatic rings. The Hall–Kier alpha value is -4.40. The van der Waals surface area contributed by atoms with Crippen molar-refractivity contribution in [2.75, 3.05) is 18.0 Å². The summed E-state index contributed by atoms with van der Waals surface area (Å²) in [5, 5.41) is 6.22. The molecule has 1 aliphatic carbocycles. The third kappa shape index (κ3) is 9.81. The van der Waals surface area contributed by atoms with E-state index in [0.29, 0.717) is 22.9 Å². The lowest BCUT2D eigenvalue weighted by atomic mass is 10.0. The van der Waals surface area contributed by atoms with Crippen LogP contribution in [0.1, 0.15) is 68.8 Å². The number of unbranched alkanes of at least 4 members (excludes halogenated alkanes) is 3. The molecular weight excluding hydrogens is 647 g/mol. The largest absolute Gasteiger partial charge is 0.479 e. The smallest absolute Gasteiger partial charge is 0.265 e. The van der Waals surface area contributed by atoms with Gasteiger partial charge in [-0.1, -0.05) is 67.6 Å². The fourth-order valence-corrected chi connectivity index (χ4v) is 5.73. The van der Waals surface area contributed by atoms with Crippen molar-refractivity contribution in [3.05, 3.63) is 111 Å². The van der Waals surface area contributed by atoms with Crippen LogP contribution in [0.25, 0.3) is 0 Å². The van der Waals surface area contributed by atoms with Gasteiger partial charge in [-0.15, -0.1) is 0 Å². The number of nitrogens with zero attached hydrogens (tertiary/aromatic N) is 2. The molecule has 0 saturated carbocycles. The van der Waals surface area contributed by atoms with Crippen molar-refractivity contribution in [1.82, 2.24) is 10.6 Å². The Balaban J connectivity index is 1.65. The summed E-state index contributed by atoms with van der Waals surface area (Å²) in [5.41, 5.74) is 3.30. The quantitative estimate of drug-likeness (QED) is 0.123. The number of ether oxygens (including phenoxy) is 1. The van der Waals surface area contributed by atoms with Gasteiger partial charge in [0.25, 0.3) is 11.8 Å². The van der Waals surface area contributed by atoms with Crippen molar-refractivity contribution in [3.63, 3.8) is 0 Å². The molecule has 0 saturated heterocycles. The van der Waals surface area contributed by atoms with Crippen molar-refractivity contribution >= 4 is 57.9 Å². The first kappa shape index (κ1) is 36.4. The number of halogens is 2. The average Bonchev–Trinajstić information content (AvgIpc) is 3.07. The molecule has 8 nitrogen and oxygen atoms in total. The molecule has 1 atom stereocenters. The molecule has 4 rings (SSSR count). The zero-order valence-electron chi connectivity index (χ0n) is 27.8. The van der Waals surface area contributed by atoms with E-state index >= 15 is 0 Å². The highest BCUT2D eigenvalue weighted by Crippen LogP contribution is 2.28. The lowest BCUT2D eigenvalue weighted by Crippen LogP contribution is -2.41. The Labute approximate surface area is 292 Å². The number of rotatable bonds is 15. The third-order valence-electron chi connectivity index (χ3n) is 7.92. The standard InChI is InChI=1S/C38H42Cl2N4O4/c1-5-8-9-10-15-36(48-35-21-16-25(4)22-30(35)40)38(47)42-32-24-34(45)33(43-37(46)28-13-11-12-14-29(28)39)23-31(32)41-26-17-19-27(20-18-26)44(6-2)7-3/h11-14,16-24,36H,5-10,15H2,1-4H3,(H,42,47)(H,43,46). The first-order valence-electron chi connectivity index (χ1n) is 16.3. The lowest BCUT2D eigenvalue weighted by molar-refractivity contribution is -0.127. The summed E-state index contributed by atoms with van der Waals surface area (Å²) in [6.07, 6.45) is 6.09. The molecule has 3 aromatic rings. The predicted octanol–water partition coefficient (Wildman–Crippen LogP) is 8.54. The van der Waals surface area contributed by atoms with Crippen LogP contribution in [0.15, 0.2) is 95.3 Å². The number of ketones is 1. The van der Waals surface area contributed by atoms with E-state index in [9.17, 15) is 14.4 Å². The Morgan fingerprint density at radius 1 is 0.854 bits per heavy atom. The topological polar surface area (TPSA) is 100 Å². The van der Waals surface area contributed by atoms with Gasteiger partial charge in [0.1, 0.15) is 5.75 Å². The maximum atomic E-state index is 13.8. The van der Waals surface area contributed by atoms with Crippen LogP contribution in [-0.4, -0.2) is 42.5 Å². The van der Waals surface area contributed by atoms with Gasteiger partial charge in [0.05, 0.1) is 38.4 Å². The molecule has 0 aliphatic heterocycles. The average molecular weight is 690 g/mol. The van der Waals surface area contributed by atoms with E-state index < -0.39 is 23.7 Å². The Bertz CT molecular complexity index is 1710. The van der Waals surface area contributed by atoms with Crippen molar-refractivity contribution in [2.24, 2.45) is 4.99 Å². The molecule has 252 valence electrons. The molecular formula is C38H42Cl2N4O4. The van der Waals surface area contributed by atoms with Crippen LogP contribution in [0.3, 0.4) is 0 Å². The normalized spacial score (nSPS) is 14.2. The van der Waals surface area contributed by atoms with Crippen LogP contribution in [0.5, 0.6) is 5.75 Å². The first-order valence-corrected chi connectivity index (χ1v) is 17.1. The Morgan fingerprint density at radius 2 is 1.58 bits per heavy atom. The molecule has 0 bridgehead atoms. The fraction of sp³-hybridized carbons (Fsp3) is 0.316. The second kappa shape index (κ2) is 17.7. The van der Waals surface area contributed by atoms with Crippen LogP contribution in [0.4, 0.5) is 11.4 Å². The van der Waals surface area contributed by atoms with Crippen molar-refractivity contribution in [2.45, 2.75) is 65.9 Å². The molecule has 0 heterocycles. The number of hydrogen-bond donors (Lipinski definition) is 2. The summed E-state index contributed by atoms with van der Waals surface area (Å²) >= 11 is 12.7.